The van der Waals surface area contributed by atoms with Crippen molar-refractivity contribution in [2.75, 3.05) is 13.2 Å². The van der Waals surface area contributed by atoms with E-state index in [0.717, 1.165) is 5.57 Å². The molecule has 0 unspecified atom stereocenters. The fourth-order valence-electron chi connectivity index (χ4n) is 3.51. The molecule has 9 heteroatoms. The van der Waals surface area contributed by atoms with Gasteiger partial charge in [-0.2, -0.15) is 13.2 Å². The Morgan fingerprint density at radius 1 is 1.16 bits per heavy atom. The van der Waals surface area contributed by atoms with Crippen molar-refractivity contribution in [3.63, 3.8) is 0 Å². The number of carbonyl (C=O) groups is 2. The largest absolute Gasteiger partial charge is 0.465 e. The number of rotatable bonds is 5. The highest BCUT2D eigenvalue weighted by Crippen LogP contribution is 2.37. The molecule has 31 heavy (non-hydrogen) atoms. The van der Waals surface area contributed by atoms with Crippen LogP contribution in [0.2, 0.25) is 0 Å². The SMILES string of the molecule is O=C(COC(=O)c1c2c(nc3ccccc13)/C(=C/c1ccco1)CC2)NCC(F)(F)F. The Labute approximate surface area is 174 Å². The second-order valence-electron chi connectivity index (χ2n) is 6.98. The minimum absolute atomic E-state index is 0.270. The first-order valence-corrected chi connectivity index (χ1v) is 9.48. The number of hydrogen-bond acceptors (Lipinski definition) is 5. The molecule has 2 aromatic heterocycles. The molecule has 4 rings (SSSR count). The maximum atomic E-state index is 12.9. The molecule has 1 aliphatic rings. The van der Waals surface area contributed by atoms with Gasteiger partial charge in [-0.3, -0.25) is 4.79 Å². The van der Waals surface area contributed by atoms with Crippen LogP contribution in [0.5, 0.6) is 0 Å². The lowest BCUT2D eigenvalue weighted by molar-refractivity contribution is -0.140. The summed E-state index contributed by atoms with van der Waals surface area (Å²) in [6.07, 6.45) is 0.0324. The van der Waals surface area contributed by atoms with E-state index in [-0.39, 0.29) is 5.56 Å². The number of alkyl halides is 3. The van der Waals surface area contributed by atoms with Crippen molar-refractivity contribution >= 4 is 34.4 Å². The minimum Gasteiger partial charge on any atom is -0.465 e. The Kier molecular flexibility index (Phi) is 5.50. The Morgan fingerprint density at radius 2 is 1.97 bits per heavy atom. The third-order valence-corrected chi connectivity index (χ3v) is 4.83. The highest BCUT2D eigenvalue weighted by molar-refractivity contribution is 6.07. The van der Waals surface area contributed by atoms with Gasteiger partial charge in [0.1, 0.15) is 12.3 Å². The average molecular weight is 430 g/mol. The molecule has 0 saturated heterocycles. The molecule has 0 spiro atoms. The number of pyridine rings is 1. The third-order valence-electron chi connectivity index (χ3n) is 4.83. The number of carbonyl (C=O) groups excluding carboxylic acids is 2. The van der Waals surface area contributed by atoms with Gasteiger partial charge in [-0.25, -0.2) is 9.78 Å². The van der Waals surface area contributed by atoms with Gasteiger partial charge >= 0.3 is 12.1 Å². The Balaban J connectivity index is 1.63. The molecule has 1 aromatic carbocycles. The number of aromatic nitrogens is 1. The fourth-order valence-corrected chi connectivity index (χ4v) is 3.51. The Bertz CT molecular complexity index is 1170. The third kappa shape index (κ3) is 4.60. The number of para-hydroxylation sites is 1. The summed E-state index contributed by atoms with van der Waals surface area (Å²) < 4.78 is 47.1. The van der Waals surface area contributed by atoms with Crippen molar-refractivity contribution < 1.29 is 31.9 Å². The molecular formula is C22H17F3N2O4. The molecule has 0 atom stereocenters. The zero-order chi connectivity index (χ0) is 22.0. The molecule has 0 saturated carbocycles. The second kappa shape index (κ2) is 8.25. The van der Waals surface area contributed by atoms with E-state index in [1.54, 1.807) is 48.0 Å². The molecule has 160 valence electrons. The first-order chi connectivity index (χ1) is 14.8. The maximum Gasteiger partial charge on any atom is 0.405 e. The van der Waals surface area contributed by atoms with Crippen molar-refractivity contribution in [2.45, 2.75) is 19.0 Å². The lowest BCUT2D eigenvalue weighted by Crippen LogP contribution is -2.36. The topological polar surface area (TPSA) is 81.4 Å². The average Bonchev–Trinajstić information content (AvgIpc) is 3.39. The van der Waals surface area contributed by atoms with Gasteiger partial charge in [-0.1, -0.05) is 18.2 Å². The van der Waals surface area contributed by atoms with E-state index < -0.39 is 31.2 Å². The summed E-state index contributed by atoms with van der Waals surface area (Å²) in [7, 11) is 0. The number of benzene rings is 1. The number of esters is 1. The number of hydrogen-bond donors (Lipinski definition) is 1. The molecular weight excluding hydrogens is 413 g/mol. The molecule has 1 amide bonds. The van der Waals surface area contributed by atoms with E-state index >= 15 is 0 Å². The molecule has 0 bridgehead atoms. The van der Waals surface area contributed by atoms with Crippen molar-refractivity contribution in [1.29, 1.82) is 0 Å². The molecule has 6 nitrogen and oxygen atoms in total. The van der Waals surface area contributed by atoms with Crippen LogP contribution in [0.1, 0.15) is 33.8 Å². The summed E-state index contributed by atoms with van der Waals surface area (Å²) in [6, 6.07) is 10.6. The standard InChI is InChI=1S/C22H17F3N2O4/c23-22(24,25)12-26-18(28)11-31-21(29)19-15-5-1-2-6-17(15)27-20-13(7-8-16(19)20)10-14-4-3-9-30-14/h1-6,9-10H,7-8,11-12H2,(H,26,28)/b13-10+. The quantitative estimate of drug-likeness (QED) is 0.615. The normalized spacial score (nSPS) is 14.6. The van der Waals surface area contributed by atoms with Gasteiger partial charge in [0.05, 0.1) is 23.0 Å². The van der Waals surface area contributed by atoms with E-state index in [4.69, 9.17) is 14.1 Å². The van der Waals surface area contributed by atoms with Crippen LogP contribution < -0.4 is 5.32 Å². The van der Waals surface area contributed by atoms with Gasteiger partial charge in [0.25, 0.3) is 5.91 Å². The minimum atomic E-state index is -4.54. The summed E-state index contributed by atoms with van der Waals surface area (Å²) in [6.45, 7) is -2.30. The lowest BCUT2D eigenvalue weighted by atomic mass is 10.0. The van der Waals surface area contributed by atoms with Gasteiger partial charge in [-0.15, -0.1) is 0 Å². The number of ether oxygens (including phenoxy) is 1. The van der Waals surface area contributed by atoms with Gasteiger partial charge in [0, 0.05) is 5.39 Å². The van der Waals surface area contributed by atoms with Gasteiger partial charge in [0.2, 0.25) is 0 Å². The lowest BCUT2D eigenvalue weighted by Gasteiger charge is -2.13. The fraction of sp³-hybridized carbons (Fsp3) is 0.227. The highest BCUT2D eigenvalue weighted by atomic mass is 19.4. The van der Waals surface area contributed by atoms with Crippen molar-refractivity contribution in [1.82, 2.24) is 10.3 Å². The van der Waals surface area contributed by atoms with Crippen LogP contribution in [0.25, 0.3) is 22.6 Å². The molecule has 0 radical (unpaired) electrons. The van der Waals surface area contributed by atoms with Crippen molar-refractivity contribution in [2.24, 2.45) is 0 Å². The monoisotopic (exact) mass is 430 g/mol. The Hall–Kier alpha value is -3.62. The van der Waals surface area contributed by atoms with E-state index in [0.29, 0.717) is 40.8 Å². The van der Waals surface area contributed by atoms with Crippen molar-refractivity contribution in [3.05, 3.63) is 65.2 Å². The highest BCUT2D eigenvalue weighted by Gasteiger charge is 2.29. The van der Waals surface area contributed by atoms with Crippen LogP contribution in [-0.4, -0.2) is 36.2 Å². The van der Waals surface area contributed by atoms with Gasteiger partial charge < -0.3 is 14.5 Å². The molecule has 2 heterocycles. The summed E-state index contributed by atoms with van der Waals surface area (Å²) in [4.78, 5) is 29.2. The number of nitrogens with zero attached hydrogens (tertiary/aromatic N) is 1. The predicted octanol–water partition coefficient (Wildman–Crippen LogP) is 4.15. The van der Waals surface area contributed by atoms with Crippen LogP contribution in [0.15, 0.2) is 47.1 Å². The summed E-state index contributed by atoms with van der Waals surface area (Å²) >= 11 is 0. The van der Waals surface area contributed by atoms with Gasteiger partial charge in [-0.05, 0) is 48.3 Å². The van der Waals surface area contributed by atoms with E-state index in [2.05, 4.69) is 0 Å². The smallest absolute Gasteiger partial charge is 0.405 e. The molecule has 0 fully saturated rings. The number of halogens is 3. The predicted molar refractivity (Wildman–Crippen MR) is 106 cm³/mol. The number of allylic oxidation sites excluding steroid dienone is 1. The first kappa shape index (κ1) is 20.6. The van der Waals surface area contributed by atoms with Crippen LogP contribution in [0.4, 0.5) is 13.2 Å². The summed E-state index contributed by atoms with van der Waals surface area (Å²) in [5, 5.41) is 2.23. The van der Waals surface area contributed by atoms with E-state index in [1.165, 1.54) is 0 Å². The Morgan fingerprint density at radius 3 is 2.71 bits per heavy atom. The molecule has 3 aromatic rings. The summed E-state index contributed by atoms with van der Waals surface area (Å²) in [5.41, 5.74) is 3.06. The number of amides is 1. The second-order valence-corrected chi connectivity index (χ2v) is 6.98. The zero-order valence-corrected chi connectivity index (χ0v) is 16.2. The molecule has 0 aliphatic heterocycles. The number of furan rings is 1. The number of fused-ring (bicyclic) bond motifs is 2. The molecule has 1 N–H and O–H groups in total. The van der Waals surface area contributed by atoms with Crippen LogP contribution in [-0.2, 0) is 16.0 Å². The van der Waals surface area contributed by atoms with E-state index in [1.807, 2.05) is 6.08 Å². The van der Waals surface area contributed by atoms with Gasteiger partial charge in [0.15, 0.2) is 6.61 Å². The molecule has 1 aliphatic carbocycles. The van der Waals surface area contributed by atoms with Crippen LogP contribution >= 0.6 is 0 Å². The van der Waals surface area contributed by atoms with E-state index in [9.17, 15) is 22.8 Å². The zero-order valence-electron chi connectivity index (χ0n) is 16.2. The first-order valence-electron chi connectivity index (χ1n) is 9.48. The van der Waals surface area contributed by atoms with Crippen molar-refractivity contribution in [3.8, 4) is 0 Å². The maximum absolute atomic E-state index is 12.9. The van der Waals surface area contributed by atoms with Crippen LogP contribution in [0.3, 0.4) is 0 Å². The number of nitrogens with one attached hydrogen (secondary N) is 1. The summed E-state index contributed by atoms with van der Waals surface area (Å²) in [5.74, 6) is -1.15. The van der Waals surface area contributed by atoms with Crippen LogP contribution in [0, 0.1) is 0 Å².